The van der Waals surface area contributed by atoms with Gasteiger partial charge in [-0.1, -0.05) is 0 Å². The quantitative estimate of drug-likeness (QED) is 0.603. The van der Waals surface area contributed by atoms with E-state index in [-0.39, 0.29) is 23.3 Å². The number of benzene rings is 1. The van der Waals surface area contributed by atoms with Crippen molar-refractivity contribution in [3.05, 3.63) is 33.9 Å². The van der Waals surface area contributed by atoms with Crippen LogP contribution in [0.2, 0.25) is 0 Å². The first-order valence-electron chi connectivity index (χ1n) is 7.58. The number of β-amino-alcohol motifs (C(OH)–C–C–N with tert-alkyl or cyclic N) is 1. The molecule has 0 unspecified atom stereocenters. The van der Waals surface area contributed by atoms with Crippen LogP contribution in [0.3, 0.4) is 0 Å². The maximum absolute atomic E-state index is 11.6. The average Bonchev–Trinajstić information content (AvgIpc) is 2.53. The van der Waals surface area contributed by atoms with E-state index in [9.17, 15) is 20.0 Å². The predicted octanol–water partition coefficient (Wildman–Crippen LogP) is 0.457. The minimum absolute atomic E-state index is 0.0601. The van der Waals surface area contributed by atoms with Gasteiger partial charge in [0.2, 0.25) is 0 Å². The molecule has 1 amide bonds. The van der Waals surface area contributed by atoms with Gasteiger partial charge < -0.3 is 15.3 Å². The molecule has 23 heavy (non-hydrogen) atoms. The Morgan fingerprint density at radius 1 is 1.39 bits per heavy atom. The van der Waals surface area contributed by atoms with Crippen molar-refractivity contribution in [1.82, 2.24) is 10.2 Å². The van der Waals surface area contributed by atoms with Gasteiger partial charge in [-0.3, -0.25) is 19.8 Å². The Kier molecular flexibility index (Phi) is 5.51. The van der Waals surface area contributed by atoms with E-state index in [1.807, 2.05) is 4.90 Å². The Morgan fingerprint density at radius 3 is 2.57 bits per heavy atom. The Hall–Kier alpha value is -2.19. The molecule has 8 nitrogen and oxygen atoms in total. The van der Waals surface area contributed by atoms with Gasteiger partial charge in [0.05, 0.1) is 11.0 Å². The lowest BCUT2D eigenvalue weighted by atomic mass is 10.1. The van der Waals surface area contributed by atoms with Crippen molar-refractivity contribution < 1.29 is 14.8 Å². The summed E-state index contributed by atoms with van der Waals surface area (Å²) in [5.41, 5.74) is 0.741. The molecule has 0 spiro atoms. The number of hydrogen-bond donors (Lipinski definition) is 2. The molecule has 1 fully saturated rings. The summed E-state index contributed by atoms with van der Waals surface area (Å²) in [6.45, 7) is 5.11. The van der Waals surface area contributed by atoms with Gasteiger partial charge >= 0.3 is 0 Å². The standard InChI is InChI=1S/C15H22N4O4/c1-11(20)10-17-5-7-18(8-6-17)13-4-3-12(15(21)16-2)9-14(13)19(22)23/h3-4,9,11,20H,5-8,10H2,1-2H3,(H,16,21)/t11-/m1/s1. The summed E-state index contributed by atoms with van der Waals surface area (Å²) >= 11 is 0. The largest absolute Gasteiger partial charge is 0.392 e. The monoisotopic (exact) mass is 322 g/mol. The summed E-state index contributed by atoms with van der Waals surface area (Å²) in [7, 11) is 1.49. The van der Waals surface area contributed by atoms with Crippen LogP contribution in [0.15, 0.2) is 18.2 Å². The summed E-state index contributed by atoms with van der Waals surface area (Å²) in [6, 6.07) is 4.55. The Balaban J connectivity index is 2.17. The van der Waals surface area contributed by atoms with Crippen LogP contribution in [0, 0.1) is 10.1 Å². The number of anilines is 1. The van der Waals surface area contributed by atoms with E-state index >= 15 is 0 Å². The summed E-state index contributed by atoms with van der Waals surface area (Å²) in [5.74, 6) is -0.346. The normalized spacial score (nSPS) is 16.9. The third-order valence-electron chi connectivity index (χ3n) is 3.90. The Labute approximate surface area is 134 Å². The number of aliphatic hydroxyl groups is 1. The molecule has 0 saturated carbocycles. The number of hydrogen-bond acceptors (Lipinski definition) is 6. The van der Waals surface area contributed by atoms with Crippen LogP contribution in [0.4, 0.5) is 11.4 Å². The molecule has 126 valence electrons. The highest BCUT2D eigenvalue weighted by atomic mass is 16.6. The number of nitro groups is 1. The van der Waals surface area contributed by atoms with E-state index in [2.05, 4.69) is 10.2 Å². The molecule has 0 aliphatic carbocycles. The zero-order chi connectivity index (χ0) is 17.0. The lowest BCUT2D eigenvalue weighted by Crippen LogP contribution is -2.48. The number of nitrogens with one attached hydrogen (secondary N) is 1. The van der Waals surface area contributed by atoms with Crippen LogP contribution in [-0.4, -0.2) is 66.7 Å². The maximum atomic E-state index is 11.6. The first-order valence-corrected chi connectivity index (χ1v) is 7.58. The molecule has 1 aromatic carbocycles. The van der Waals surface area contributed by atoms with Crippen molar-refractivity contribution in [3.8, 4) is 0 Å². The fraction of sp³-hybridized carbons (Fsp3) is 0.533. The van der Waals surface area contributed by atoms with Gasteiger partial charge in [0.15, 0.2) is 0 Å². The number of aliphatic hydroxyl groups excluding tert-OH is 1. The van der Waals surface area contributed by atoms with Crippen LogP contribution in [-0.2, 0) is 0 Å². The average molecular weight is 322 g/mol. The number of piperazine rings is 1. The molecule has 1 aliphatic heterocycles. The topological polar surface area (TPSA) is 99.0 Å². The van der Waals surface area contributed by atoms with Crippen molar-refractivity contribution in [3.63, 3.8) is 0 Å². The van der Waals surface area contributed by atoms with Crippen molar-refractivity contribution in [2.45, 2.75) is 13.0 Å². The second-order valence-electron chi connectivity index (χ2n) is 5.68. The molecular weight excluding hydrogens is 300 g/mol. The summed E-state index contributed by atoms with van der Waals surface area (Å²) in [4.78, 5) is 26.6. The zero-order valence-electron chi connectivity index (χ0n) is 13.4. The number of nitrogens with zero attached hydrogens (tertiary/aromatic N) is 3. The molecule has 2 N–H and O–H groups in total. The van der Waals surface area contributed by atoms with Gasteiger partial charge in [0.25, 0.3) is 11.6 Å². The molecule has 2 rings (SSSR count). The van der Waals surface area contributed by atoms with Crippen LogP contribution in [0.1, 0.15) is 17.3 Å². The van der Waals surface area contributed by atoms with Gasteiger partial charge in [-0.15, -0.1) is 0 Å². The zero-order valence-corrected chi connectivity index (χ0v) is 13.4. The summed E-state index contributed by atoms with van der Waals surface area (Å²) < 4.78 is 0. The number of rotatable bonds is 5. The van der Waals surface area contributed by atoms with Crippen molar-refractivity contribution >= 4 is 17.3 Å². The second-order valence-corrected chi connectivity index (χ2v) is 5.68. The van der Waals surface area contributed by atoms with E-state index < -0.39 is 4.92 Å². The molecule has 1 atom stereocenters. The van der Waals surface area contributed by atoms with E-state index in [1.54, 1.807) is 19.1 Å². The first kappa shape index (κ1) is 17.2. The highest BCUT2D eigenvalue weighted by molar-refractivity contribution is 5.95. The predicted molar refractivity (Wildman–Crippen MR) is 86.8 cm³/mol. The van der Waals surface area contributed by atoms with Gasteiger partial charge in [-0.25, -0.2) is 0 Å². The molecule has 1 aromatic rings. The molecule has 8 heteroatoms. The molecule has 0 radical (unpaired) electrons. The minimum Gasteiger partial charge on any atom is -0.392 e. The van der Waals surface area contributed by atoms with Crippen LogP contribution >= 0.6 is 0 Å². The molecule has 1 aliphatic rings. The highest BCUT2D eigenvalue weighted by Gasteiger charge is 2.25. The van der Waals surface area contributed by atoms with Gasteiger partial charge in [0.1, 0.15) is 5.69 Å². The lowest BCUT2D eigenvalue weighted by molar-refractivity contribution is -0.384. The summed E-state index contributed by atoms with van der Waals surface area (Å²) in [5, 5.41) is 23.2. The third kappa shape index (κ3) is 4.17. The lowest BCUT2D eigenvalue weighted by Gasteiger charge is -2.36. The Morgan fingerprint density at radius 2 is 2.04 bits per heavy atom. The molecule has 1 heterocycles. The van der Waals surface area contributed by atoms with Crippen LogP contribution in [0.25, 0.3) is 0 Å². The molecular formula is C15H22N4O4. The van der Waals surface area contributed by atoms with E-state index in [0.29, 0.717) is 25.3 Å². The number of carbonyl (C=O) groups is 1. The van der Waals surface area contributed by atoms with E-state index in [0.717, 1.165) is 13.1 Å². The molecule has 1 saturated heterocycles. The van der Waals surface area contributed by atoms with Gasteiger partial charge in [0, 0.05) is 51.4 Å². The van der Waals surface area contributed by atoms with Crippen LogP contribution in [0.5, 0.6) is 0 Å². The highest BCUT2D eigenvalue weighted by Crippen LogP contribution is 2.30. The SMILES string of the molecule is CNC(=O)c1ccc(N2CCN(C[C@@H](C)O)CC2)c([N+](=O)[O-])c1. The van der Waals surface area contributed by atoms with Crippen molar-refractivity contribution in [2.24, 2.45) is 0 Å². The van der Waals surface area contributed by atoms with E-state index in [1.165, 1.54) is 13.1 Å². The van der Waals surface area contributed by atoms with Crippen molar-refractivity contribution in [1.29, 1.82) is 0 Å². The van der Waals surface area contributed by atoms with Crippen molar-refractivity contribution in [2.75, 3.05) is 44.7 Å². The number of nitro benzene ring substituents is 1. The van der Waals surface area contributed by atoms with Gasteiger partial charge in [-0.05, 0) is 19.1 Å². The fourth-order valence-electron chi connectivity index (χ4n) is 2.77. The van der Waals surface area contributed by atoms with Gasteiger partial charge in [-0.2, -0.15) is 0 Å². The Bertz CT molecular complexity index is 583. The van der Waals surface area contributed by atoms with Crippen LogP contribution < -0.4 is 10.2 Å². The summed E-state index contributed by atoms with van der Waals surface area (Å²) in [6.07, 6.45) is -0.386. The molecule has 0 aromatic heterocycles. The minimum atomic E-state index is -0.454. The first-order chi connectivity index (χ1) is 10.9. The fourth-order valence-corrected chi connectivity index (χ4v) is 2.77. The number of amides is 1. The third-order valence-corrected chi connectivity index (χ3v) is 3.90. The number of carbonyl (C=O) groups excluding carboxylic acids is 1. The smallest absolute Gasteiger partial charge is 0.293 e. The second kappa shape index (κ2) is 7.38. The maximum Gasteiger partial charge on any atom is 0.293 e. The molecule has 0 bridgehead atoms. The van der Waals surface area contributed by atoms with E-state index in [4.69, 9.17) is 0 Å².